The standard InChI is InChI=1S/C12H15N3O2/c1-8-5-6-10(7-9(8)2)15-11(17-4)13-14(3)12(15)16/h5-7H,1-4H3. The van der Waals surface area contributed by atoms with Crippen LogP contribution in [0, 0.1) is 13.8 Å². The number of rotatable bonds is 2. The number of benzene rings is 1. The molecule has 0 fully saturated rings. The predicted octanol–water partition coefficient (Wildman–Crippen LogP) is 1.20. The first kappa shape index (κ1) is 11.4. The predicted molar refractivity (Wildman–Crippen MR) is 64.8 cm³/mol. The van der Waals surface area contributed by atoms with Gasteiger partial charge in [0.05, 0.1) is 12.8 Å². The van der Waals surface area contributed by atoms with Crippen molar-refractivity contribution in [1.29, 1.82) is 0 Å². The van der Waals surface area contributed by atoms with Crippen LogP contribution in [0.3, 0.4) is 0 Å². The largest absolute Gasteiger partial charge is 0.467 e. The number of aryl methyl sites for hydroxylation is 3. The molecule has 0 radical (unpaired) electrons. The molecule has 2 aromatic rings. The average molecular weight is 233 g/mol. The van der Waals surface area contributed by atoms with Gasteiger partial charge in [0.25, 0.3) is 0 Å². The molecule has 17 heavy (non-hydrogen) atoms. The van der Waals surface area contributed by atoms with E-state index < -0.39 is 0 Å². The van der Waals surface area contributed by atoms with Gasteiger partial charge in [0.1, 0.15) is 0 Å². The summed E-state index contributed by atoms with van der Waals surface area (Å²) in [7, 11) is 3.10. The summed E-state index contributed by atoms with van der Waals surface area (Å²) in [6.07, 6.45) is 0. The van der Waals surface area contributed by atoms with E-state index in [0.717, 1.165) is 11.3 Å². The van der Waals surface area contributed by atoms with E-state index in [4.69, 9.17) is 4.74 Å². The lowest BCUT2D eigenvalue weighted by atomic mass is 10.1. The van der Waals surface area contributed by atoms with Gasteiger partial charge in [0.15, 0.2) is 0 Å². The second-order valence-electron chi connectivity index (χ2n) is 4.00. The number of methoxy groups -OCH3 is 1. The fourth-order valence-electron chi connectivity index (χ4n) is 1.66. The van der Waals surface area contributed by atoms with Crippen LogP contribution in [0.15, 0.2) is 23.0 Å². The Kier molecular flexibility index (Phi) is 2.75. The summed E-state index contributed by atoms with van der Waals surface area (Å²) in [6, 6.07) is 6.10. The Morgan fingerprint density at radius 3 is 2.53 bits per heavy atom. The lowest BCUT2D eigenvalue weighted by Gasteiger charge is -2.06. The number of hydrogen-bond donors (Lipinski definition) is 0. The Balaban J connectivity index is 2.67. The molecular formula is C12H15N3O2. The number of hydrogen-bond acceptors (Lipinski definition) is 3. The highest BCUT2D eigenvalue weighted by Crippen LogP contribution is 2.16. The molecule has 0 spiro atoms. The summed E-state index contributed by atoms with van der Waals surface area (Å²) < 4.78 is 7.81. The van der Waals surface area contributed by atoms with Crippen LogP contribution in [0.4, 0.5) is 0 Å². The Morgan fingerprint density at radius 2 is 1.94 bits per heavy atom. The molecule has 0 N–H and O–H groups in total. The second-order valence-corrected chi connectivity index (χ2v) is 4.00. The van der Waals surface area contributed by atoms with Gasteiger partial charge in [-0.2, -0.15) is 0 Å². The minimum atomic E-state index is -0.217. The summed E-state index contributed by atoms with van der Waals surface area (Å²) in [5.74, 6) is 0. The molecule has 0 aliphatic carbocycles. The zero-order valence-corrected chi connectivity index (χ0v) is 10.4. The summed E-state index contributed by atoms with van der Waals surface area (Å²) in [4.78, 5) is 11.9. The van der Waals surface area contributed by atoms with Gasteiger partial charge in [0.2, 0.25) is 0 Å². The first-order chi connectivity index (χ1) is 8.04. The zero-order chi connectivity index (χ0) is 12.6. The topological polar surface area (TPSA) is 49.1 Å². The number of ether oxygens (including phenoxy) is 1. The molecule has 1 aromatic carbocycles. The van der Waals surface area contributed by atoms with Crippen LogP contribution in [0.2, 0.25) is 0 Å². The molecule has 0 bridgehead atoms. The highest BCUT2D eigenvalue weighted by atomic mass is 16.5. The van der Waals surface area contributed by atoms with Gasteiger partial charge in [-0.25, -0.2) is 14.0 Å². The van der Waals surface area contributed by atoms with E-state index >= 15 is 0 Å². The normalized spacial score (nSPS) is 10.6. The van der Waals surface area contributed by atoms with Crippen molar-refractivity contribution >= 4 is 0 Å². The molecular weight excluding hydrogens is 218 g/mol. The molecule has 0 saturated heterocycles. The van der Waals surface area contributed by atoms with Crippen LogP contribution in [0.25, 0.3) is 5.69 Å². The van der Waals surface area contributed by atoms with E-state index in [-0.39, 0.29) is 5.69 Å². The Hall–Kier alpha value is -2.04. The van der Waals surface area contributed by atoms with E-state index in [1.165, 1.54) is 21.9 Å². The van der Waals surface area contributed by atoms with Gasteiger partial charge in [-0.05, 0) is 37.1 Å². The third-order valence-corrected chi connectivity index (χ3v) is 2.83. The van der Waals surface area contributed by atoms with Gasteiger partial charge in [-0.1, -0.05) is 6.07 Å². The van der Waals surface area contributed by atoms with Crippen molar-refractivity contribution in [1.82, 2.24) is 14.3 Å². The first-order valence-corrected chi connectivity index (χ1v) is 5.32. The second kappa shape index (κ2) is 4.08. The molecule has 2 rings (SSSR count). The molecule has 0 saturated carbocycles. The molecule has 5 heteroatoms. The lowest BCUT2D eigenvalue weighted by Crippen LogP contribution is -2.21. The van der Waals surface area contributed by atoms with Crippen molar-refractivity contribution in [3.8, 4) is 11.7 Å². The van der Waals surface area contributed by atoms with E-state index in [1.807, 2.05) is 32.0 Å². The molecule has 0 unspecified atom stereocenters. The molecule has 5 nitrogen and oxygen atoms in total. The fourth-order valence-corrected chi connectivity index (χ4v) is 1.66. The van der Waals surface area contributed by atoms with E-state index in [9.17, 15) is 4.79 Å². The number of aromatic nitrogens is 3. The van der Waals surface area contributed by atoms with Crippen molar-refractivity contribution in [3.63, 3.8) is 0 Å². The first-order valence-electron chi connectivity index (χ1n) is 5.32. The molecule has 1 heterocycles. The van der Waals surface area contributed by atoms with Crippen molar-refractivity contribution in [2.75, 3.05) is 7.11 Å². The molecule has 1 aromatic heterocycles. The molecule has 90 valence electrons. The maximum Gasteiger partial charge on any atom is 0.353 e. The molecule has 0 aliphatic rings. The summed E-state index contributed by atoms with van der Waals surface area (Å²) in [6.45, 7) is 4.04. The Bertz CT molecular complexity index is 611. The number of nitrogens with zero attached hydrogens (tertiary/aromatic N) is 3. The third-order valence-electron chi connectivity index (χ3n) is 2.83. The van der Waals surface area contributed by atoms with Gasteiger partial charge >= 0.3 is 11.7 Å². The zero-order valence-electron chi connectivity index (χ0n) is 10.4. The van der Waals surface area contributed by atoms with Gasteiger partial charge < -0.3 is 4.74 Å². The van der Waals surface area contributed by atoms with E-state index in [0.29, 0.717) is 6.01 Å². The SMILES string of the molecule is COc1nn(C)c(=O)n1-c1ccc(C)c(C)c1. The van der Waals surface area contributed by atoms with Crippen LogP contribution < -0.4 is 10.4 Å². The Labute approximate surface area is 99.3 Å². The van der Waals surface area contributed by atoms with Crippen LogP contribution in [0.5, 0.6) is 6.01 Å². The van der Waals surface area contributed by atoms with Crippen molar-refractivity contribution in [2.24, 2.45) is 7.05 Å². The van der Waals surface area contributed by atoms with Crippen molar-refractivity contribution in [3.05, 3.63) is 39.8 Å². The Morgan fingerprint density at radius 1 is 1.24 bits per heavy atom. The lowest BCUT2D eigenvalue weighted by molar-refractivity contribution is 0.368. The highest BCUT2D eigenvalue weighted by Gasteiger charge is 2.13. The summed E-state index contributed by atoms with van der Waals surface area (Å²) in [5.41, 5.74) is 2.86. The maximum atomic E-state index is 11.9. The average Bonchev–Trinajstić information content (AvgIpc) is 2.59. The van der Waals surface area contributed by atoms with Crippen molar-refractivity contribution in [2.45, 2.75) is 13.8 Å². The minimum Gasteiger partial charge on any atom is -0.467 e. The minimum absolute atomic E-state index is 0.217. The van der Waals surface area contributed by atoms with Crippen LogP contribution in [-0.2, 0) is 7.05 Å². The van der Waals surface area contributed by atoms with Crippen LogP contribution in [-0.4, -0.2) is 21.5 Å². The molecule has 0 amide bonds. The fraction of sp³-hybridized carbons (Fsp3) is 0.333. The maximum absolute atomic E-state index is 11.9. The summed E-state index contributed by atoms with van der Waals surface area (Å²) >= 11 is 0. The molecule has 0 aliphatic heterocycles. The third kappa shape index (κ3) is 1.84. The monoisotopic (exact) mass is 233 g/mol. The quantitative estimate of drug-likeness (QED) is 0.783. The van der Waals surface area contributed by atoms with Gasteiger partial charge in [-0.15, -0.1) is 5.10 Å². The van der Waals surface area contributed by atoms with Crippen molar-refractivity contribution < 1.29 is 4.74 Å². The smallest absolute Gasteiger partial charge is 0.353 e. The van der Waals surface area contributed by atoms with Crippen LogP contribution in [0.1, 0.15) is 11.1 Å². The van der Waals surface area contributed by atoms with E-state index in [2.05, 4.69) is 5.10 Å². The van der Waals surface area contributed by atoms with Gasteiger partial charge in [0, 0.05) is 7.05 Å². The van der Waals surface area contributed by atoms with Crippen LogP contribution >= 0.6 is 0 Å². The highest BCUT2D eigenvalue weighted by molar-refractivity contribution is 5.40. The van der Waals surface area contributed by atoms with Gasteiger partial charge in [-0.3, -0.25) is 0 Å². The molecule has 0 atom stereocenters. The van der Waals surface area contributed by atoms with E-state index in [1.54, 1.807) is 7.05 Å². The summed E-state index contributed by atoms with van der Waals surface area (Å²) in [5, 5.41) is 4.00.